The van der Waals surface area contributed by atoms with Gasteiger partial charge in [0.1, 0.15) is 5.82 Å². The van der Waals surface area contributed by atoms with Gasteiger partial charge >= 0.3 is 0 Å². The lowest BCUT2D eigenvalue weighted by Gasteiger charge is -2.22. The number of carbonyl (C=O) groups excluding carboxylic acids is 2. The third kappa shape index (κ3) is 3.40. The second-order valence-corrected chi connectivity index (χ2v) is 6.82. The van der Waals surface area contributed by atoms with Gasteiger partial charge in [0.05, 0.1) is 5.92 Å². The van der Waals surface area contributed by atoms with E-state index in [0.29, 0.717) is 25.0 Å². The van der Waals surface area contributed by atoms with Gasteiger partial charge in [-0.15, -0.1) is 5.10 Å². The Balaban J connectivity index is 1.34. The molecule has 1 aromatic heterocycles. The maximum absolute atomic E-state index is 12.4. The predicted octanol–water partition coefficient (Wildman–Crippen LogP) is 2.06. The molecule has 0 unspecified atom stereocenters. The number of amides is 2. The zero-order valence-corrected chi connectivity index (χ0v) is 13.9. The first-order chi connectivity index (χ1) is 12.2. The molecule has 25 heavy (non-hydrogen) atoms. The van der Waals surface area contributed by atoms with Crippen LogP contribution in [0.1, 0.15) is 43.0 Å². The highest BCUT2D eigenvalue weighted by Gasteiger charge is 2.34. The van der Waals surface area contributed by atoms with Crippen LogP contribution in [-0.4, -0.2) is 38.4 Å². The quantitative estimate of drug-likeness (QED) is 0.872. The Morgan fingerprint density at radius 3 is 2.80 bits per heavy atom. The molecular formula is C18H21N5O2. The van der Waals surface area contributed by atoms with Gasteiger partial charge in [-0.3, -0.25) is 20.0 Å². The fourth-order valence-corrected chi connectivity index (χ4v) is 3.31. The largest absolute Gasteiger partial charge is 0.338 e. The molecule has 2 aliphatic rings. The Bertz CT molecular complexity index is 769. The Kier molecular flexibility index (Phi) is 4.21. The van der Waals surface area contributed by atoms with E-state index in [9.17, 15) is 9.59 Å². The fourth-order valence-electron chi connectivity index (χ4n) is 3.31. The molecule has 4 rings (SSSR count). The highest BCUT2D eigenvalue weighted by Crippen LogP contribution is 2.34. The second-order valence-electron chi connectivity index (χ2n) is 6.82. The van der Waals surface area contributed by atoms with Crippen molar-refractivity contribution >= 4 is 17.8 Å². The van der Waals surface area contributed by atoms with Crippen molar-refractivity contribution in [2.45, 2.75) is 38.1 Å². The molecule has 0 spiro atoms. The van der Waals surface area contributed by atoms with Crippen molar-refractivity contribution in [1.29, 1.82) is 0 Å². The van der Waals surface area contributed by atoms with Gasteiger partial charge in [-0.05, 0) is 18.4 Å². The summed E-state index contributed by atoms with van der Waals surface area (Å²) in [6.07, 6.45) is 3.69. The van der Waals surface area contributed by atoms with E-state index in [2.05, 4.69) is 20.5 Å². The minimum Gasteiger partial charge on any atom is -0.338 e. The van der Waals surface area contributed by atoms with E-state index in [1.807, 2.05) is 30.3 Å². The number of nitrogens with one attached hydrogen (secondary N) is 2. The molecule has 1 atom stereocenters. The fraction of sp³-hybridized carbons (Fsp3) is 0.444. The molecule has 1 aromatic carbocycles. The number of likely N-dealkylation sites (tertiary alicyclic amines) is 1. The Labute approximate surface area is 145 Å². The number of aromatic amines is 1. The molecule has 1 aliphatic carbocycles. The summed E-state index contributed by atoms with van der Waals surface area (Å²) < 4.78 is 0. The number of aromatic nitrogens is 3. The van der Waals surface area contributed by atoms with Crippen LogP contribution in [0.15, 0.2) is 30.3 Å². The van der Waals surface area contributed by atoms with E-state index < -0.39 is 0 Å². The van der Waals surface area contributed by atoms with Crippen molar-refractivity contribution in [3.05, 3.63) is 41.7 Å². The van der Waals surface area contributed by atoms with Crippen molar-refractivity contribution in [3.8, 4) is 0 Å². The lowest BCUT2D eigenvalue weighted by Crippen LogP contribution is -2.28. The molecule has 1 saturated heterocycles. The summed E-state index contributed by atoms with van der Waals surface area (Å²) in [6.45, 7) is 0.968. The van der Waals surface area contributed by atoms with Gasteiger partial charge in [0.2, 0.25) is 17.8 Å². The maximum atomic E-state index is 12.4. The topological polar surface area (TPSA) is 91.0 Å². The minimum atomic E-state index is -0.359. The first kappa shape index (κ1) is 15.8. The molecule has 2 heterocycles. The summed E-state index contributed by atoms with van der Waals surface area (Å²) in [4.78, 5) is 30.7. The summed E-state index contributed by atoms with van der Waals surface area (Å²) in [7, 11) is 0. The summed E-state index contributed by atoms with van der Waals surface area (Å²) in [6, 6.07) is 9.80. The number of carbonyl (C=O) groups is 2. The molecular weight excluding hydrogens is 318 g/mol. The van der Waals surface area contributed by atoms with Crippen molar-refractivity contribution < 1.29 is 9.59 Å². The first-order valence-electron chi connectivity index (χ1n) is 8.74. The van der Waals surface area contributed by atoms with E-state index in [0.717, 1.165) is 24.2 Å². The molecule has 2 amide bonds. The minimum absolute atomic E-state index is 0.00847. The van der Waals surface area contributed by atoms with Crippen LogP contribution >= 0.6 is 0 Å². The highest BCUT2D eigenvalue weighted by molar-refractivity contribution is 5.96. The van der Waals surface area contributed by atoms with Crippen LogP contribution < -0.4 is 5.32 Å². The third-order valence-electron chi connectivity index (χ3n) is 5.03. The number of H-pyrrole nitrogens is 1. The smallest absolute Gasteiger partial charge is 0.248 e. The van der Waals surface area contributed by atoms with Gasteiger partial charge in [0.15, 0.2) is 0 Å². The Morgan fingerprint density at radius 2 is 2.08 bits per heavy atom. The van der Waals surface area contributed by atoms with Gasteiger partial charge in [0.25, 0.3) is 0 Å². The average Bonchev–Trinajstić information content (AvgIpc) is 3.14. The zero-order valence-electron chi connectivity index (χ0n) is 13.9. The average molecular weight is 339 g/mol. The number of anilines is 1. The second kappa shape index (κ2) is 6.66. The van der Waals surface area contributed by atoms with Crippen LogP contribution in [0.25, 0.3) is 0 Å². The zero-order chi connectivity index (χ0) is 17.2. The monoisotopic (exact) mass is 339 g/mol. The first-order valence-corrected chi connectivity index (χ1v) is 8.74. The third-order valence-corrected chi connectivity index (χ3v) is 5.03. The van der Waals surface area contributed by atoms with Crippen LogP contribution in [0.2, 0.25) is 0 Å². The SMILES string of the molecule is O=C(Nc1n[nH]c(C2CCC2)n1)[C@@H]1CC(=O)N(Cc2ccccc2)C1. The van der Waals surface area contributed by atoms with Gasteiger partial charge in [-0.2, -0.15) is 4.98 Å². The molecule has 2 N–H and O–H groups in total. The predicted molar refractivity (Wildman–Crippen MR) is 91.6 cm³/mol. The number of nitrogens with zero attached hydrogens (tertiary/aromatic N) is 3. The summed E-state index contributed by atoms with van der Waals surface area (Å²) in [5.41, 5.74) is 1.07. The van der Waals surface area contributed by atoms with E-state index in [4.69, 9.17) is 0 Å². The molecule has 7 heteroatoms. The Morgan fingerprint density at radius 1 is 1.28 bits per heavy atom. The number of benzene rings is 1. The van der Waals surface area contributed by atoms with Crippen molar-refractivity contribution in [2.75, 3.05) is 11.9 Å². The van der Waals surface area contributed by atoms with E-state index in [-0.39, 0.29) is 24.2 Å². The lowest BCUT2D eigenvalue weighted by molar-refractivity contribution is -0.128. The van der Waals surface area contributed by atoms with Gasteiger partial charge < -0.3 is 4.90 Å². The van der Waals surface area contributed by atoms with Crippen molar-refractivity contribution in [3.63, 3.8) is 0 Å². The van der Waals surface area contributed by atoms with Crippen LogP contribution in [0.4, 0.5) is 5.95 Å². The maximum Gasteiger partial charge on any atom is 0.248 e. The molecule has 1 saturated carbocycles. The summed E-state index contributed by atoms with van der Waals surface area (Å²) in [5.74, 6) is 1.04. The number of hydrogen-bond acceptors (Lipinski definition) is 4. The van der Waals surface area contributed by atoms with Gasteiger partial charge in [-0.1, -0.05) is 36.8 Å². The van der Waals surface area contributed by atoms with Crippen LogP contribution in [0.5, 0.6) is 0 Å². The van der Waals surface area contributed by atoms with E-state index in [1.165, 1.54) is 6.42 Å². The van der Waals surface area contributed by atoms with Gasteiger partial charge in [-0.25, -0.2) is 0 Å². The number of rotatable bonds is 5. The van der Waals surface area contributed by atoms with E-state index in [1.54, 1.807) is 4.90 Å². The molecule has 130 valence electrons. The molecule has 2 fully saturated rings. The standard InChI is InChI=1S/C18H21N5O2/c24-15-9-14(11-23(15)10-12-5-2-1-3-6-12)17(25)20-18-19-16(21-22-18)13-7-4-8-13/h1-3,5-6,13-14H,4,7-11H2,(H2,19,20,21,22,25)/t14-/m1/s1. The van der Waals surface area contributed by atoms with E-state index >= 15 is 0 Å². The summed E-state index contributed by atoms with van der Waals surface area (Å²) >= 11 is 0. The molecule has 7 nitrogen and oxygen atoms in total. The van der Waals surface area contributed by atoms with Crippen molar-refractivity contribution in [1.82, 2.24) is 20.1 Å². The molecule has 0 bridgehead atoms. The lowest BCUT2D eigenvalue weighted by atomic mass is 9.85. The Hall–Kier alpha value is -2.70. The molecule has 1 aliphatic heterocycles. The van der Waals surface area contributed by atoms with Crippen LogP contribution in [0.3, 0.4) is 0 Å². The van der Waals surface area contributed by atoms with Gasteiger partial charge in [0, 0.05) is 25.4 Å². The number of hydrogen-bond donors (Lipinski definition) is 2. The van der Waals surface area contributed by atoms with Crippen molar-refractivity contribution in [2.24, 2.45) is 5.92 Å². The molecule has 0 radical (unpaired) electrons. The normalized spacial score (nSPS) is 20.6. The highest BCUT2D eigenvalue weighted by atomic mass is 16.2. The van der Waals surface area contributed by atoms with Crippen LogP contribution in [-0.2, 0) is 16.1 Å². The summed E-state index contributed by atoms with van der Waals surface area (Å²) in [5, 5.41) is 9.71. The van der Waals surface area contributed by atoms with Crippen LogP contribution in [0, 0.1) is 5.92 Å². The molecule has 2 aromatic rings.